The standard InChI is InChI=1S/C17H23NO3/c1-12-6-8-13(9-7-12)17(14-10-11-14)18-15(19)4-2-3-5-16(20)21/h6-9,14,17H,2-5,10-11H2,1H3,(H,18,19)(H,20,21). The molecule has 1 aromatic carbocycles. The summed E-state index contributed by atoms with van der Waals surface area (Å²) in [6.45, 7) is 2.05. The van der Waals surface area contributed by atoms with Crippen LogP contribution in [0.4, 0.5) is 0 Å². The Labute approximate surface area is 125 Å². The molecule has 4 nitrogen and oxygen atoms in total. The van der Waals surface area contributed by atoms with Crippen LogP contribution in [0.25, 0.3) is 0 Å². The van der Waals surface area contributed by atoms with Gasteiger partial charge in [-0.3, -0.25) is 9.59 Å². The molecule has 0 saturated heterocycles. The Bertz CT molecular complexity index is 491. The summed E-state index contributed by atoms with van der Waals surface area (Å²) in [6.07, 6.45) is 4.06. The quantitative estimate of drug-likeness (QED) is 0.722. The summed E-state index contributed by atoms with van der Waals surface area (Å²) in [5.41, 5.74) is 2.38. The number of hydrogen-bond acceptors (Lipinski definition) is 2. The third-order valence-electron chi connectivity index (χ3n) is 3.89. The number of carboxylic acids is 1. The van der Waals surface area contributed by atoms with Crippen LogP contribution >= 0.6 is 0 Å². The van der Waals surface area contributed by atoms with E-state index in [2.05, 4.69) is 36.5 Å². The number of amides is 1. The van der Waals surface area contributed by atoms with E-state index >= 15 is 0 Å². The smallest absolute Gasteiger partial charge is 0.303 e. The molecule has 1 saturated carbocycles. The maximum Gasteiger partial charge on any atom is 0.303 e. The highest BCUT2D eigenvalue weighted by molar-refractivity contribution is 5.76. The Kier molecular flexibility index (Phi) is 5.37. The van der Waals surface area contributed by atoms with E-state index in [1.165, 1.54) is 11.1 Å². The summed E-state index contributed by atoms with van der Waals surface area (Å²) < 4.78 is 0. The molecular formula is C17H23NO3. The minimum absolute atomic E-state index is 0.0258. The van der Waals surface area contributed by atoms with E-state index in [4.69, 9.17) is 5.11 Å². The van der Waals surface area contributed by atoms with Crippen LogP contribution in [0.3, 0.4) is 0 Å². The second kappa shape index (κ2) is 7.25. The first-order valence-corrected chi connectivity index (χ1v) is 7.64. The number of aliphatic carboxylic acids is 1. The Morgan fingerprint density at radius 3 is 2.38 bits per heavy atom. The maximum absolute atomic E-state index is 12.0. The highest BCUT2D eigenvalue weighted by atomic mass is 16.4. The molecule has 0 bridgehead atoms. The Morgan fingerprint density at radius 2 is 1.81 bits per heavy atom. The van der Waals surface area contributed by atoms with Crippen molar-refractivity contribution in [2.45, 2.75) is 51.5 Å². The molecule has 21 heavy (non-hydrogen) atoms. The second-order valence-electron chi connectivity index (χ2n) is 5.89. The minimum atomic E-state index is -0.800. The Balaban J connectivity index is 1.84. The maximum atomic E-state index is 12.0. The average molecular weight is 289 g/mol. The average Bonchev–Trinajstić information content (AvgIpc) is 3.26. The van der Waals surface area contributed by atoms with Crippen LogP contribution in [0.1, 0.15) is 55.7 Å². The molecule has 0 heterocycles. The largest absolute Gasteiger partial charge is 0.481 e. The van der Waals surface area contributed by atoms with Crippen molar-refractivity contribution in [3.05, 3.63) is 35.4 Å². The molecule has 1 atom stereocenters. The molecule has 1 aliphatic carbocycles. The molecular weight excluding hydrogens is 266 g/mol. The van der Waals surface area contributed by atoms with E-state index in [0.717, 1.165) is 12.8 Å². The predicted octanol–water partition coefficient (Wildman–Crippen LogP) is 3.21. The molecule has 0 aromatic heterocycles. The summed E-state index contributed by atoms with van der Waals surface area (Å²) in [7, 11) is 0. The van der Waals surface area contributed by atoms with Gasteiger partial charge in [-0.05, 0) is 44.1 Å². The monoisotopic (exact) mass is 289 g/mol. The van der Waals surface area contributed by atoms with E-state index in [1.54, 1.807) is 0 Å². The number of benzene rings is 1. The lowest BCUT2D eigenvalue weighted by Crippen LogP contribution is -2.29. The number of carbonyl (C=O) groups is 2. The summed E-state index contributed by atoms with van der Waals surface area (Å²) in [4.78, 5) is 22.4. The minimum Gasteiger partial charge on any atom is -0.481 e. The van der Waals surface area contributed by atoms with Crippen molar-refractivity contribution in [3.8, 4) is 0 Å². The number of aryl methyl sites for hydroxylation is 1. The highest BCUT2D eigenvalue weighted by Crippen LogP contribution is 2.41. The number of rotatable bonds is 8. The Hall–Kier alpha value is -1.84. The molecule has 1 unspecified atom stereocenters. The fourth-order valence-electron chi connectivity index (χ4n) is 2.48. The number of hydrogen-bond donors (Lipinski definition) is 2. The van der Waals surface area contributed by atoms with Crippen LogP contribution in [0, 0.1) is 12.8 Å². The molecule has 4 heteroatoms. The first-order chi connectivity index (χ1) is 10.1. The van der Waals surface area contributed by atoms with Gasteiger partial charge in [0.25, 0.3) is 0 Å². The second-order valence-corrected chi connectivity index (χ2v) is 5.89. The van der Waals surface area contributed by atoms with Gasteiger partial charge in [0.2, 0.25) is 5.91 Å². The van der Waals surface area contributed by atoms with Crippen LogP contribution in [0.2, 0.25) is 0 Å². The van der Waals surface area contributed by atoms with Gasteiger partial charge in [0.05, 0.1) is 6.04 Å². The molecule has 1 aromatic rings. The highest BCUT2D eigenvalue weighted by Gasteiger charge is 2.33. The lowest BCUT2D eigenvalue weighted by molar-refractivity contribution is -0.137. The van der Waals surface area contributed by atoms with E-state index in [0.29, 0.717) is 25.2 Å². The summed E-state index contributed by atoms with van der Waals surface area (Å²) in [5, 5.41) is 11.7. The zero-order chi connectivity index (χ0) is 15.2. The first-order valence-electron chi connectivity index (χ1n) is 7.64. The third kappa shape index (κ3) is 5.21. The van der Waals surface area contributed by atoms with Crippen LogP contribution < -0.4 is 5.32 Å². The van der Waals surface area contributed by atoms with Crippen molar-refractivity contribution in [2.75, 3.05) is 0 Å². The number of unbranched alkanes of at least 4 members (excludes halogenated alkanes) is 1. The summed E-state index contributed by atoms with van der Waals surface area (Å²) in [5.74, 6) is -0.223. The van der Waals surface area contributed by atoms with E-state index in [-0.39, 0.29) is 18.4 Å². The van der Waals surface area contributed by atoms with Gasteiger partial charge < -0.3 is 10.4 Å². The number of nitrogens with one attached hydrogen (secondary N) is 1. The van der Waals surface area contributed by atoms with Gasteiger partial charge >= 0.3 is 5.97 Å². The predicted molar refractivity (Wildman–Crippen MR) is 80.9 cm³/mol. The van der Waals surface area contributed by atoms with E-state index < -0.39 is 5.97 Å². The van der Waals surface area contributed by atoms with Crippen LogP contribution in [-0.4, -0.2) is 17.0 Å². The molecule has 1 aliphatic rings. The molecule has 0 radical (unpaired) electrons. The molecule has 1 amide bonds. The normalized spacial score (nSPS) is 15.5. The molecule has 1 fully saturated rings. The zero-order valence-electron chi connectivity index (χ0n) is 12.5. The lowest BCUT2D eigenvalue weighted by atomic mass is 10.0. The molecule has 2 N–H and O–H groups in total. The first kappa shape index (κ1) is 15.5. The topological polar surface area (TPSA) is 66.4 Å². The molecule has 2 rings (SSSR count). The van der Waals surface area contributed by atoms with Gasteiger partial charge in [-0.1, -0.05) is 29.8 Å². The van der Waals surface area contributed by atoms with Crippen molar-refractivity contribution >= 4 is 11.9 Å². The van der Waals surface area contributed by atoms with Gasteiger partial charge in [0, 0.05) is 12.8 Å². The van der Waals surface area contributed by atoms with Crippen molar-refractivity contribution in [2.24, 2.45) is 5.92 Å². The lowest BCUT2D eigenvalue weighted by Gasteiger charge is -2.19. The van der Waals surface area contributed by atoms with Gasteiger partial charge in [-0.25, -0.2) is 0 Å². The molecule has 0 spiro atoms. The summed E-state index contributed by atoms with van der Waals surface area (Å²) in [6, 6.07) is 8.43. The fourth-order valence-corrected chi connectivity index (χ4v) is 2.48. The fraction of sp³-hybridized carbons (Fsp3) is 0.529. The van der Waals surface area contributed by atoms with Crippen molar-refractivity contribution < 1.29 is 14.7 Å². The van der Waals surface area contributed by atoms with Crippen molar-refractivity contribution in [1.82, 2.24) is 5.32 Å². The van der Waals surface area contributed by atoms with E-state index in [9.17, 15) is 9.59 Å². The van der Waals surface area contributed by atoms with Crippen LogP contribution in [-0.2, 0) is 9.59 Å². The zero-order valence-corrected chi connectivity index (χ0v) is 12.5. The number of carbonyl (C=O) groups excluding carboxylic acids is 1. The van der Waals surface area contributed by atoms with Gasteiger partial charge in [0.15, 0.2) is 0 Å². The van der Waals surface area contributed by atoms with Crippen LogP contribution in [0.15, 0.2) is 24.3 Å². The molecule has 114 valence electrons. The van der Waals surface area contributed by atoms with Crippen molar-refractivity contribution in [1.29, 1.82) is 0 Å². The summed E-state index contributed by atoms with van der Waals surface area (Å²) >= 11 is 0. The van der Waals surface area contributed by atoms with Gasteiger partial charge in [-0.15, -0.1) is 0 Å². The SMILES string of the molecule is Cc1ccc(C(NC(=O)CCCCC(=O)O)C2CC2)cc1. The molecule has 0 aliphatic heterocycles. The van der Waals surface area contributed by atoms with E-state index in [1.807, 2.05) is 0 Å². The van der Waals surface area contributed by atoms with Crippen LogP contribution in [0.5, 0.6) is 0 Å². The van der Waals surface area contributed by atoms with Gasteiger partial charge in [-0.2, -0.15) is 0 Å². The van der Waals surface area contributed by atoms with Gasteiger partial charge in [0.1, 0.15) is 0 Å². The number of carboxylic acid groups (broad SMARTS) is 1. The van der Waals surface area contributed by atoms with Crippen molar-refractivity contribution in [3.63, 3.8) is 0 Å². The Morgan fingerprint density at radius 1 is 1.19 bits per heavy atom. The third-order valence-corrected chi connectivity index (χ3v) is 3.89.